The molecule has 0 aliphatic rings. The van der Waals surface area contributed by atoms with E-state index in [1.54, 1.807) is 39.0 Å². The molecule has 0 bridgehead atoms. The number of esters is 2. The molecule has 0 aliphatic heterocycles. The number of aromatic nitrogens is 1. The van der Waals surface area contributed by atoms with Crippen molar-refractivity contribution in [2.45, 2.75) is 33.3 Å². The van der Waals surface area contributed by atoms with Gasteiger partial charge in [-0.1, -0.05) is 71.4 Å². The van der Waals surface area contributed by atoms with Gasteiger partial charge < -0.3 is 14.0 Å². The molecule has 0 N–H and O–H groups in total. The predicted molar refractivity (Wildman–Crippen MR) is 138 cm³/mol. The molecule has 7 heteroatoms. The summed E-state index contributed by atoms with van der Waals surface area (Å²) in [4.78, 5) is 24.6. The number of nitrogens with zero attached hydrogens (tertiary/aromatic N) is 1. The first-order valence-corrected chi connectivity index (χ1v) is 12.0. The molecule has 0 fully saturated rings. The van der Waals surface area contributed by atoms with Gasteiger partial charge in [0.05, 0.1) is 24.3 Å². The maximum absolute atomic E-state index is 12.7. The van der Waals surface area contributed by atoms with E-state index >= 15 is 0 Å². The summed E-state index contributed by atoms with van der Waals surface area (Å²) >= 11 is 6.23. The minimum Gasteiger partial charge on any atom is -0.462 e. The number of hydrogen-bond acceptors (Lipinski definition) is 6. The molecule has 1 heterocycles. The van der Waals surface area contributed by atoms with Gasteiger partial charge in [0.25, 0.3) is 0 Å². The number of carbonyl (C=O) groups excluding carboxylic acids is 2. The normalized spacial score (nSPS) is 11.7. The van der Waals surface area contributed by atoms with E-state index in [1.165, 1.54) is 0 Å². The van der Waals surface area contributed by atoms with Gasteiger partial charge in [-0.2, -0.15) is 0 Å². The summed E-state index contributed by atoms with van der Waals surface area (Å²) in [5.41, 5.74) is 5.30. The third-order valence-corrected chi connectivity index (χ3v) is 6.18. The molecule has 1 aromatic heterocycles. The third-order valence-electron chi connectivity index (χ3n) is 5.83. The number of halogens is 1. The first kappa shape index (κ1) is 25.2. The second-order valence-electron chi connectivity index (χ2n) is 8.28. The van der Waals surface area contributed by atoms with Crippen molar-refractivity contribution in [3.05, 3.63) is 100 Å². The van der Waals surface area contributed by atoms with Crippen LogP contribution in [0.15, 0.2) is 77.3 Å². The Labute approximate surface area is 214 Å². The van der Waals surface area contributed by atoms with E-state index in [1.807, 2.05) is 54.6 Å². The highest BCUT2D eigenvalue weighted by atomic mass is 35.5. The number of aryl methyl sites for hydroxylation is 1. The van der Waals surface area contributed by atoms with Crippen molar-refractivity contribution in [1.82, 2.24) is 5.16 Å². The Hall–Kier alpha value is -3.90. The van der Waals surface area contributed by atoms with Crippen LogP contribution in [-0.4, -0.2) is 23.7 Å². The highest BCUT2D eigenvalue weighted by molar-refractivity contribution is 6.31. The van der Waals surface area contributed by atoms with Crippen LogP contribution in [-0.2, 0) is 20.7 Å². The van der Waals surface area contributed by atoms with Crippen molar-refractivity contribution in [2.75, 3.05) is 6.61 Å². The summed E-state index contributed by atoms with van der Waals surface area (Å²) in [6.07, 6.45) is -0.458. The molecule has 0 saturated heterocycles. The molecule has 4 rings (SSSR count). The van der Waals surface area contributed by atoms with E-state index in [0.717, 1.165) is 22.3 Å². The van der Waals surface area contributed by atoms with Gasteiger partial charge in [-0.3, -0.25) is 4.79 Å². The minimum atomic E-state index is -0.482. The summed E-state index contributed by atoms with van der Waals surface area (Å²) in [5.74, 6) is -0.209. The minimum absolute atomic E-state index is 0.0243. The summed E-state index contributed by atoms with van der Waals surface area (Å²) in [7, 11) is 0. The van der Waals surface area contributed by atoms with Crippen LogP contribution >= 0.6 is 11.6 Å². The molecule has 6 nitrogen and oxygen atoms in total. The molecule has 36 heavy (non-hydrogen) atoms. The zero-order chi connectivity index (χ0) is 25.7. The van der Waals surface area contributed by atoms with Crippen LogP contribution < -0.4 is 0 Å². The van der Waals surface area contributed by atoms with Crippen LogP contribution in [0, 0.1) is 6.92 Å². The predicted octanol–water partition coefficient (Wildman–Crippen LogP) is 6.99. The van der Waals surface area contributed by atoms with E-state index in [0.29, 0.717) is 34.2 Å². The molecule has 3 aromatic carbocycles. The van der Waals surface area contributed by atoms with Crippen molar-refractivity contribution in [3.63, 3.8) is 0 Å². The Bertz CT molecular complexity index is 1360. The Morgan fingerprint density at radius 2 is 1.56 bits per heavy atom. The lowest BCUT2D eigenvalue weighted by Crippen LogP contribution is -2.12. The van der Waals surface area contributed by atoms with Crippen molar-refractivity contribution in [3.8, 4) is 22.5 Å². The molecule has 184 valence electrons. The molecule has 0 amide bonds. The number of ether oxygens (including phenoxy) is 2. The average molecular weight is 504 g/mol. The number of rotatable bonds is 8. The summed E-state index contributed by atoms with van der Waals surface area (Å²) in [6, 6.07) is 22.3. The van der Waals surface area contributed by atoms with E-state index in [9.17, 15) is 9.59 Å². The number of carbonyl (C=O) groups is 2. The summed E-state index contributed by atoms with van der Waals surface area (Å²) in [6.45, 7) is 5.70. The third kappa shape index (κ3) is 5.66. The monoisotopic (exact) mass is 503 g/mol. The maximum atomic E-state index is 12.7. The molecule has 0 unspecified atom stereocenters. The molecule has 0 spiro atoms. The first-order chi connectivity index (χ1) is 17.4. The molecule has 0 radical (unpaired) electrons. The van der Waals surface area contributed by atoms with Gasteiger partial charge in [0, 0.05) is 21.7 Å². The van der Waals surface area contributed by atoms with Gasteiger partial charge in [-0.05, 0) is 50.1 Å². The topological polar surface area (TPSA) is 78.6 Å². The Morgan fingerprint density at radius 3 is 2.19 bits per heavy atom. The molecular formula is C29H26ClNO5. The standard InChI is InChI=1S/C29H26ClNO5/c1-4-34-29(33)23-15-11-21(12-16-23)20-9-13-22(14-10-20)28-25(18(2)31-36-28)17-27(32)35-19(3)24-7-5-6-8-26(24)30/h5-16,19H,4,17H2,1-3H3/t19-/m1/s1. The lowest BCUT2D eigenvalue weighted by atomic mass is 9.99. The Balaban J connectivity index is 1.48. The Morgan fingerprint density at radius 1 is 0.944 bits per heavy atom. The van der Waals surface area contributed by atoms with Crippen LogP contribution in [0.2, 0.25) is 5.02 Å². The number of benzene rings is 3. The lowest BCUT2D eigenvalue weighted by Gasteiger charge is -2.15. The summed E-state index contributed by atoms with van der Waals surface area (Å²) < 4.78 is 16.2. The smallest absolute Gasteiger partial charge is 0.338 e. The van der Waals surface area contributed by atoms with Crippen molar-refractivity contribution in [1.29, 1.82) is 0 Å². The van der Waals surface area contributed by atoms with Gasteiger partial charge in [0.2, 0.25) is 0 Å². The zero-order valence-electron chi connectivity index (χ0n) is 20.3. The lowest BCUT2D eigenvalue weighted by molar-refractivity contribution is -0.147. The van der Waals surface area contributed by atoms with Crippen molar-refractivity contribution in [2.24, 2.45) is 0 Å². The zero-order valence-corrected chi connectivity index (χ0v) is 21.0. The molecule has 1 atom stereocenters. The van der Waals surface area contributed by atoms with Crippen molar-refractivity contribution < 1.29 is 23.6 Å². The largest absolute Gasteiger partial charge is 0.462 e. The fraction of sp³-hybridized carbons (Fsp3) is 0.207. The van der Waals surface area contributed by atoms with Crippen LogP contribution in [0.3, 0.4) is 0 Å². The van der Waals surface area contributed by atoms with Gasteiger partial charge in [0.15, 0.2) is 5.76 Å². The van der Waals surface area contributed by atoms with Crippen LogP contribution in [0.5, 0.6) is 0 Å². The van der Waals surface area contributed by atoms with E-state index in [2.05, 4.69) is 5.16 Å². The van der Waals surface area contributed by atoms with Crippen LogP contribution in [0.25, 0.3) is 22.5 Å². The highest BCUT2D eigenvalue weighted by Crippen LogP contribution is 2.31. The molecule has 0 aliphatic carbocycles. The van der Waals surface area contributed by atoms with Gasteiger partial charge in [0.1, 0.15) is 6.10 Å². The van der Waals surface area contributed by atoms with E-state index in [-0.39, 0.29) is 12.4 Å². The highest BCUT2D eigenvalue weighted by Gasteiger charge is 2.21. The fourth-order valence-corrected chi connectivity index (χ4v) is 4.19. The Kier molecular flexibility index (Phi) is 7.86. The molecule has 4 aromatic rings. The summed E-state index contributed by atoms with van der Waals surface area (Å²) in [5, 5.41) is 4.62. The van der Waals surface area contributed by atoms with Gasteiger partial charge >= 0.3 is 11.9 Å². The molecular weight excluding hydrogens is 478 g/mol. The van der Waals surface area contributed by atoms with Gasteiger partial charge in [-0.15, -0.1) is 0 Å². The quantitative estimate of drug-likeness (QED) is 0.241. The van der Waals surface area contributed by atoms with Crippen LogP contribution in [0.4, 0.5) is 0 Å². The second-order valence-corrected chi connectivity index (χ2v) is 8.69. The fourth-order valence-electron chi connectivity index (χ4n) is 3.90. The van der Waals surface area contributed by atoms with E-state index < -0.39 is 12.1 Å². The maximum Gasteiger partial charge on any atom is 0.338 e. The first-order valence-electron chi connectivity index (χ1n) is 11.6. The SMILES string of the molecule is CCOC(=O)c1ccc(-c2ccc(-c3onc(C)c3CC(=O)O[C@H](C)c3ccccc3Cl)cc2)cc1. The van der Waals surface area contributed by atoms with E-state index in [4.69, 9.17) is 25.6 Å². The van der Waals surface area contributed by atoms with Crippen molar-refractivity contribution >= 4 is 23.5 Å². The molecule has 0 saturated carbocycles. The van der Waals surface area contributed by atoms with Gasteiger partial charge in [-0.25, -0.2) is 4.79 Å². The average Bonchev–Trinajstić information content (AvgIpc) is 3.24. The second kappa shape index (κ2) is 11.2. The number of hydrogen-bond donors (Lipinski definition) is 0. The van der Waals surface area contributed by atoms with Crippen LogP contribution in [0.1, 0.15) is 47.1 Å².